The van der Waals surface area contributed by atoms with Gasteiger partial charge in [-0.15, -0.1) is 0 Å². The molecule has 0 radical (unpaired) electrons. The zero-order valence-electron chi connectivity index (χ0n) is 53.8. The molecule has 82 heavy (non-hydrogen) atoms. The standard InChI is InChI=1S/C73H135NO8/c1-3-5-7-9-11-13-15-17-19-21-23-25-27-29-31-32-33-34-35-36-37-39-41-43-45-47-49-51-53-55-57-59-61-63-69(77)74-66(65-81-73-72(80)71(79)70(78)68(64-75)82-73)67(76)62-60-58-56-54-52-50-48-46-44-42-40-38-30-28-26-24-22-20-18-16-14-12-10-8-6-4-2/h5,7,11,13,17,19,23,25,29,31,66-68,70-73,75-76,78-80H,3-4,6,8-10,12,14-16,18,20-22,24,26-28,30,32-65H2,1-2H3,(H,74,77)/b7-5-,13-11-,19-17-,25-23-,31-29-. The van der Waals surface area contributed by atoms with E-state index in [2.05, 4.69) is 79.9 Å². The van der Waals surface area contributed by atoms with Crippen LogP contribution >= 0.6 is 0 Å². The Morgan fingerprint density at radius 1 is 0.427 bits per heavy atom. The summed E-state index contributed by atoms with van der Waals surface area (Å²) in [6.45, 7) is 3.77. The molecule has 1 heterocycles. The number of ether oxygens (including phenoxy) is 2. The van der Waals surface area contributed by atoms with Crippen LogP contribution in [0.2, 0.25) is 0 Å². The maximum atomic E-state index is 13.2. The van der Waals surface area contributed by atoms with Crippen molar-refractivity contribution >= 4 is 5.91 Å². The molecule has 9 nitrogen and oxygen atoms in total. The van der Waals surface area contributed by atoms with E-state index in [-0.39, 0.29) is 12.5 Å². The maximum Gasteiger partial charge on any atom is 0.220 e. The molecule has 0 aromatic heterocycles. The van der Waals surface area contributed by atoms with Crippen molar-refractivity contribution in [1.29, 1.82) is 0 Å². The SMILES string of the molecule is CC/C=C\C/C=C\C/C=C\C/C=C\C/C=C\CCCCCCCCCCCCCCCCCCCC(=O)NC(COC1OC(CO)C(O)C(O)C1O)C(O)CCCCCCCCCCCCCCCCCCCCCCCCCCCC. The number of unbranched alkanes of at least 4 members (excludes halogenated alkanes) is 42. The largest absolute Gasteiger partial charge is 0.394 e. The highest BCUT2D eigenvalue weighted by molar-refractivity contribution is 5.76. The van der Waals surface area contributed by atoms with Gasteiger partial charge in [-0.3, -0.25) is 4.79 Å². The van der Waals surface area contributed by atoms with Crippen LogP contribution in [0.15, 0.2) is 60.8 Å². The predicted molar refractivity (Wildman–Crippen MR) is 350 cm³/mol. The molecule has 0 aliphatic carbocycles. The van der Waals surface area contributed by atoms with E-state index in [1.165, 1.54) is 244 Å². The average Bonchev–Trinajstić information content (AvgIpc) is 3.57. The van der Waals surface area contributed by atoms with Crippen molar-refractivity contribution in [2.45, 2.75) is 384 Å². The predicted octanol–water partition coefficient (Wildman–Crippen LogP) is 19.4. The number of rotatable bonds is 62. The first-order chi connectivity index (χ1) is 40.3. The number of aliphatic hydroxyl groups is 5. The second-order valence-corrected chi connectivity index (χ2v) is 24.7. The molecule has 6 N–H and O–H groups in total. The van der Waals surface area contributed by atoms with Gasteiger partial charge in [0.25, 0.3) is 0 Å². The molecular formula is C73H135NO8. The summed E-state index contributed by atoms with van der Waals surface area (Å²) in [5.74, 6) is -0.139. The van der Waals surface area contributed by atoms with Crippen molar-refractivity contribution in [3.8, 4) is 0 Å². The molecular weight excluding hydrogens is 1020 g/mol. The Morgan fingerprint density at radius 2 is 0.756 bits per heavy atom. The van der Waals surface area contributed by atoms with Gasteiger partial charge in [0, 0.05) is 6.42 Å². The fraction of sp³-hybridized carbons (Fsp3) is 0.849. The van der Waals surface area contributed by atoms with Gasteiger partial charge in [-0.2, -0.15) is 0 Å². The number of carbonyl (C=O) groups is 1. The summed E-state index contributed by atoms with van der Waals surface area (Å²) in [4.78, 5) is 13.2. The van der Waals surface area contributed by atoms with Gasteiger partial charge in [0.05, 0.1) is 25.4 Å². The average molecular weight is 1150 g/mol. The number of carbonyl (C=O) groups excluding carboxylic acids is 1. The van der Waals surface area contributed by atoms with Crippen LogP contribution in [0.25, 0.3) is 0 Å². The first-order valence-electron chi connectivity index (χ1n) is 35.5. The lowest BCUT2D eigenvalue weighted by atomic mass is 9.99. The molecule has 1 amide bonds. The minimum absolute atomic E-state index is 0.136. The Bertz CT molecular complexity index is 1480. The summed E-state index contributed by atoms with van der Waals surface area (Å²) in [5, 5.41) is 55.0. The van der Waals surface area contributed by atoms with E-state index in [9.17, 15) is 30.3 Å². The fourth-order valence-electron chi connectivity index (χ4n) is 11.4. The van der Waals surface area contributed by atoms with E-state index < -0.39 is 49.5 Å². The normalized spacial score (nSPS) is 18.6. The zero-order chi connectivity index (χ0) is 59.3. The number of aliphatic hydroxyl groups excluding tert-OH is 5. The highest BCUT2D eigenvalue weighted by Gasteiger charge is 2.44. The maximum absolute atomic E-state index is 13.2. The Morgan fingerprint density at radius 3 is 1.12 bits per heavy atom. The lowest BCUT2D eigenvalue weighted by Crippen LogP contribution is -2.60. The molecule has 1 fully saturated rings. The van der Waals surface area contributed by atoms with Gasteiger partial charge in [-0.25, -0.2) is 0 Å². The summed E-state index contributed by atoms with van der Waals surface area (Å²) in [7, 11) is 0. The molecule has 0 aromatic rings. The molecule has 1 aliphatic heterocycles. The van der Waals surface area contributed by atoms with E-state index in [1.54, 1.807) is 0 Å². The monoisotopic (exact) mass is 1150 g/mol. The van der Waals surface area contributed by atoms with Gasteiger partial charge < -0.3 is 40.3 Å². The highest BCUT2D eigenvalue weighted by atomic mass is 16.7. The molecule has 7 unspecified atom stereocenters. The molecule has 0 spiro atoms. The summed E-state index contributed by atoms with van der Waals surface area (Å²) >= 11 is 0. The van der Waals surface area contributed by atoms with Crippen LogP contribution in [0.4, 0.5) is 0 Å². The van der Waals surface area contributed by atoms with Gasteiger partial charge in [0.2, 0.25) is 5.91 Å². The number of nitrogens with one attached hydrogen (secondary N) is 1. The van der Waals surface area contributed by atoms with Gasteiger partial charge in [-0.05, 0) is 57.8 Å². The van der Waals surface area contributed by atoms with Gasteiger partial charge >= 0.3 is 0 Å². The second kappa shape index (κ2) is 62.0. The van der Waals surface area contributed by atoms with E-state index in [4.69, 9.17) is 9.47 Å². The number of hydrogen-bond acceptors (Lipinski definition) is 8. The third kappa shape index (κ3) is 50.1. The third-order valence-electron chi connectivity index (χ3n) is 16.9. The molecule has 1 rings (SSSR count). The second-order valence-electron chi connectivity index (χ2n) is 24.7. The zero-order valence-corrected chi connectivity index (χ0v) is 53.8. The minimum Gasteiger partial charge on any atom is -0.394 e. The molecule has 1 aliphatic rings. The van der Waals surface area contributed by atoms with Crippen molar-refractivity contribution in [3.05, 3.63) is 60.8 Å². The summed E-state index contributed by atoms with van der Waals surface area (Å²) in [6.07, 6.45) is 78.6. The Hall–Kier alpha value is -2.11. The molecule has 9 heteroatoms. The van der Waals surface area contributed by atoms with Crippen LogP contribution in [0.5, 0.6) is 0 Å². The number of amides is 1. The molecule has 480 valence electrons. The van der Waals surface area contributed by atoms with Crippen molar-refractivity contribution < 1.29 is 39.8 Å². The molecule has 0 saturated carbocycles. The van der Waals surface area contributed by atoms with Gasteiger partial charge in [-0.1, -0.05) is 338 Å². The number of hydrogen-bond donors (Lipinski definition) is 6. The van der Waals surface area contributed by atoms with Crippen molar-refractivity contribution in [2.24, 2.45) is 0 Å². The van der Waals surface area contributed by atoms with E-state index in [0.717, 1.165) is 70.6 Å². The van der Waals surface area contributed by atoms with Crippen LogP contribution in [-0.4, -0.2) is 87.5 Å². The van der Waals surface area contributed by atoms with E-state index >= 15 is 0 Å². The van der Waals surface area contributed by atoms with Crippen LogP contribution in [-0.2, 0) is 14.3 Å². The van der Waals surface area contributed by atoms with Crippen molar-refractivity contribution in [1.82, 2.24) is 5.32 Å². The quantitative estimate of drug-likeness (QED) is 0.0261. The van der Waals surface area contributed by atoms with Crippen LogP contribution in [0.3, 0.4) is 0 Å². The molecule has 1 saturated heterocycles. The lowest BCUT2D eigenvalue weighted by Gasteiger charge is -2.40. The first-order valence-corrected chi connectivity index (χ1v) is 35.5. The van der Waals surface area contributed by atoms with Gasteiger partial charge in [0.15, 0.2) is 6.29 Å². The lowest BCUT2D eigenvalue weighted by molar-refractivity contribution is -0.302. The van der Waals surface area contributed by atoms with Crippen molar-refractivity contribution in [2.75, 3.05) is 13.2 Å². The Balaban J connectivity index is 2.10. The van der Waals surface area contributed by atoms with E-state index in [1.807, 2.05) is 0 Å². The first kappa shape index (κ1) is 77.9. The molecule has 0 bridgehead atoms. The number of allylic oxidation sites excluding steroid dienone is 10. The Kier molecular flexibility index (Phi) is 58.9. The summed E-state index contributed by atoms with van der Waals surface area (Å²) < 4.78 is 11.4. The summed E-state index contributed by atoms with van der Waals surface area (Å²) in [5.41, 5.74) is 0. The Labute approximate surface area is 506 Å². The van der Waals surface area contributed by atoms with E-state index in [0.29, 0.717) is 12.8 Å². The highest BCUT2D eigenvalue weighted by Crippen LogP contribution is 2.24. The summed E-state index contributed by atoms with van der Waals surface area (Å²) in [6, 6.07) is -0.722. The smallest absolute Gasteiger partial charge is 0.220 e. The van der Waals surface area contributed by atoms with Crippen LogP contribution in [0.1, 0.15) is 341 Å². The topological polar surface area (TPSA) is 149 Å². The van der Waals surface area contributed by atoms with Crippen molar-refractivity contribution in [3.63, 3.8) is 0 Å². The minimum atomic E-state index is -1.56. The van der Waals surface area contributed by atoms with Gasteiger partial charge in [0.1, 0.15) is 24.4 Å². The third-order valence-corrected chi connectivity index (χ3v) is 16.9. The van der Waals surface area contributed by atoms with Crippen LogP contribution in [0, 0.1) is 0 Å². The van der Waals surface area contributed by atoms with Crippen LogP contribution < -0.4 is 5.32 Å². The molecule has 0 aromatic carbocycles. The molecule has 7 atom stereocenters. The fourth-order valence-corrected chi connectivity index (χ4v) is 11.4.